The van der Waals surface area contributed by atoms with Gasteiger partial charge in [0.15, 0.2) is 0 Å². The summed E-state index contributed by atoms with van der Waals surface area (Å²) < 4.78 is 16.9. The number of hydrogen-bond donors (Lipinski definition) is 1. The zero-order chi connectivity index (χ0) is 15.8. The topological polar surface area (TPSA) is 55.6 Å². The molecule has 2 atom stereocenters. The number of pyridine rings is 1. The van der Waals surface area contributed by atoms with Crippen molar-refractivity contribution in [1.82, 2.24) is 19.7 Å². The van der Waals surface area contributed by atoms with Crippen molar-refractivity contribution >= 4 is 21.9 Å². The number of nitrogens with one attached hydrogen (secondary N) is 1. The van der Waals surface area contributed by atoms with Gasteiger partial charge in [-0.3, -0.25) is 4.98 Å². The van der Waals surface area contributed by atoms with Gasteiger partial charge in [0.05, 0.1) is 12.1 Å². The molecule has 0 spiro atoms. The van der Waals surface area contributed by atoms with Gasteiger partial charge in [-0.2, -0.15) is 10.1 Å². The van der Waals surface area contributed by atoms with Crippen LogP contribution in [0.2, 0.25) is 0 Å². The van der Waals surface area contributed by atoms with Gasteiger partial charge in [-0.15, -0.1) is 0 Å². The van der Waals surface area contributed by atoms with Gasteiger partial charge in [0.2, 0.25) is 5.95 Å². The molecule has 1 N–H and O–H groups in total. The fourth-order valence-electron chi connectivity index (χ4n) is 2.99. The molecule has 0 amide bonds. The van der Waals surface area contributed by atoms with Crippen molar-refractivity contribution in [3.63, 3.8) is 0 Å². The van der Waals surface area contributed by atoms with E-state index in [-0.39, 0.29) is 17.9 Å². The van der Waals surface area contributed by atoms with E-state index in [4.69, 9.17) is 0 Å². The molecular formula is C16H13BrFN5. The predicted molar refractivity (Wildman–Crippen MR) is 87.5 cm³/mol. The second kappa shape index (κ2) is 5.73. The molecule has 23 heavy (non-hydrogen) atoms. The second-order valence-corrected chi connectivity index (χ2v) is 6.25. The largest absolute Gasteiger partial charge is 0.347 e. The van der Waals surface area contributed by atoms with Gasteiger partial charge in [-0.1, -0.05) is 28.1 Å². The number of halogens is 2. The first-order valence-electron chi connectivity index (χ1n) is 7.24. The SMILES string of the molecule is Fc1cccc(Br)c1C1CC(c2cccnc2)Nc2ncnn21. The summed E-state index contributed by atoms with van der Waals surface area (Å²) in [4.78, 5) is 8.42. The number of fused-ring (bicyclic) bond motifs is 1. The molecule has 0 aliphatic carbocycles. The average molecular weight is 374 g/mol. The van der Waals surface area contributed by atoms with Crippen LogP contribution in [-0.4, -0.2) is 19.7 Å². The third-order valence-electron chi connectivity index (χ3n) is 4.05. The van der Waals surface area contributed by atoms with Crippen LogP contribution in [-0.2, 0) is 0 Å². The van der Waals surface area contributed by atoms with Crippen molar-refractivity contribution in [1.29, 1.82) is 0 Å². The highest BCUT2D eigenvalue weighted by Gasteiger charge is 2.32. The van der Waals surface area contributed by atoms with Gasteiger partial charge in [-0.25, -0.2) is 9.07 Å². The third-order valence-corrected chi connectivity index (χ3v) is 4.74. The van der Waals surface area contributed by atoms with Gasteiger partial charge in [0.25, 0.3) is 0 Å². The normalized spacial score (nSPS) is 19.9. The van der Waals surface area contributed by atoms with Gasteiger partial charge >= 0.3 is 0 Å². The Kier molecular flexibility index (Phi) is 3.57. The molecule has 2 unspecified atom stereocenters. The minimum Gasteiger partial charge on any atom is -0.347 e. The lowest BCUT2D eigenvalue weighted by Crippen LogP contribution is -2.28. The van der Waals surface area contributed by atoms with E-state index in [1.165, 1.54) is 12.4 Å². The van der Waals surface area contributed by atoms with Crippen LogP contribution in [0, 0.1) is 5.82 Å². The Morgan fingerprint density at radius 2 is 2.17 bits per heavy atom. The molecule has 0 fully saturated rings. The number of nitrogens with zero attached hydrogens (tertiary/aromatic N) is 4. The molecule has 0 saturated heterocycles. The molecule has 2 aromatic heterocycles. The van der Waals surface area contributed by atoms with Crippen LogP contribution >= 0.6 is 15.9 Å². The molecule has 0 bridgehead atoms. The van der Waals surface area contributed by atoms with E-state index in [9.17, 15) is 4.39 Å². The number of hydrogen-bond acceptors (Lipinski definition) is 4. The fraction of sp³-hybridized carbons (Fsp3) is 0.188. The Morgan fingerprint density at radius 3 is 2.96 bits per heavy atom. The predicted octanol–water partition coefficient (Wildman–Crippen LogP) is 3.72. The van der Waals surface area contributed by atoms with Crippen LogP contribution in [0.5, 0.6) is 0 Å². The van der Waals surface area contributed by atoms with Gasteiger partial charge in [0.1, 0.15) is 12.1 Å². The summed E-state index contributed by atoms with van der Waals surface area (Å²) in [6, 6.07) is 8.65. The van der Waals surface area contributed by atoms with E-state index in [2.05, 4.69) is 36.3 Å². The highest BCUT2D eigenvalue weighted by atomic mass is 79.9. The smallest absolute Gasteiger partial charge is 0.222 e. The van der Waals surface area contributed by atoms with Crippen LogP contribution in [0.25, 0.3) is 0 Å². The van der Waals surface area contributed by atoms with E-state index < -0.39 is 0 Å². The van der Waals surface area contributed by atoms with Gasteiger partial charge in [-0.05, 0) is 30.2 Å². The Balaban J connectivity index is 1.80. The maximum Gasteiger partial charge on any atom is 0.222 e. The van der Waals surface area contributed by atoms with Gasteiger partial charge in [0, 0.05) is 22.4 Å². The Bertz CT molecular complexity index is 815. The van der Waals surface area contributed by atoms with Gasteiger partial charge < -0.3 is 5.32 Å². The van der Waals surface area contributed by atoms with Crippen LogP contribution in [0.4, 0.5) is 10.3 Å². The van der Waals surface area contributed by atoms with Crippen LogP contribution in [0.3, 0.4) is 0 Å². The molecule has 0 saturated carbocycles. The quantitative estimate of drug-likeness (QED) is 0.743. The lowest BCUT2D eigenvalue weighted by molar-refractivity contribution is 0.414. The first-order valence-corrected chi connectivity index (χ1v) is 8.03. The third kappa shape index (κ3) is 2.50. The lowest BCUT2D eigenvalue weighted by Gasteiger charge is -2.32. The van der Waals surface area contributed by atoms with Crippen LogP contribution in [0.1, 0.15) is 29.6 Å². The average Bonchev–Trinajstić information content (AvgIpc) is 3.04. The van der Waals surface area contributed by atoms with E-state index in [1.54, 1.807) is 16.9 Å². The highest BCUT2D eigenvalue weighted by Crippen LogP contribution is 2.40. The molecule has 7 heteroatoms. The summed E-state index contributed by atoms with van der Waals surface area (Å²) in [5.74, 6) is 0.378. The maximum absolute atomic E-state index is 14.4. The van der Waals surface area contributed by atoms with Crippen LogP contribution in [0.15, 0.2) is 53.5 Å². The van der Waals surface area contributed by atoms with E-state index in [0.717, 1.165) is 10.0 Å². The molecule has 1 aliphatic rings. The molecule has 3 heterocycles. The van der Waals surface area contributed by atoms with Crippen molar-refractivity contribution in [3.8, 4) is 0 Å². The number of anilines is 1. The first kappa shape index (κ1) is 14.3. The summed E-state index contributed by atoms with van der Waals surface area (Å²) in [6.45, 7) is 0. The Hall–Kier alpha value is -2.28. The molecule has 4 rings (SSSR count). The zero-order valence-electron chi connectivity index (χ0n) is 12.0. The molecule has 3 aromatic rings. The standard InChI is InChI=1S/C16H13BrFN5/c17-11-4-1-5-12(18)15(11)14-7-13(10-3-2-6-19-8-10)22-16-20-9-21-23(14)16/h1-6,8-9,13-14H,7H2,(H,20,21,22). The number of benzene rings is 1. The minimum absolute atomic E-state index is 0.00286. The second-order valence-electron chi connectivity index (χ2n) is 5.40. The first-order chi connectivity index (χ1) is 11.2. The Labute approximate surface area is 140 Å². The summed E-state index contributed by atoms with van der Waals surface area (Å²) in [6.07, 6.45) is 5.69. The summed E-state index contributed by atoms with van der Waals surface area (Å²) >= 11 is 3.46. The highest BCUT2D eigenvalue weighted by molar-refractivity contribution is 9.10. The number of rotatable bonds is 2. The fourth-order valence-corrected chi connectivity index (χ4v) is 3.60. The van der Waals surface area contributed by atoms with Crippen LogP contribution < -0.4 is 5.32 Å². The molecule has 116 valence electrons. The van der Waals surface area contributed by atoms with Crippen molar-refractivity contribution in [2.24, 2.45) is 0 Å². The minimum atomic E-state index is -0.252. The number of aromatic nitrogens is 4. The summed E-state index contributed by atoms with van der Waals surface area (Å²) in [7, 11) is 0. The van der Waals surface area contributed by atoms with E-state index in [0.29, 0.717) is 17.9 Å². The lowest BCUT2D eigenvalue weighted by atomic mass is 9.94. The van der Waals surface area contributed by atoms with Crippen molar-refractivity contribution in [2.75, 3.05) is 5.32 Å². The van der Waals surface area contributed by atoms with Crippen molar-refractivity contribution in [3.05, 3.63) is 70.5 Å². The molecule has 0 radical (unpaired) electrons. The zero-order valence-corrected chi connectivity index (χ0v) is 13.6. The van der Waals surface area contributed by atoms with Crippen molar-refractivity contribution < 1.29 is 4.39 Å². The molecule has 1 aliphatic heterocycles. The molecular weight excluding hydrogens is 361 g/mol. The maximum atomic E-state index is 14.4. The van der Waals surface area contributed by atoms with E-state index >= 15 is 0 Å². The van der Waals surface area contributed by atoms with E-state index in [1.807, 2.05) is 24.4 Å². The summed E-state index contributed by atoms with van der Waals surface area (Å²) in [5.41, 5.74) is 1.63. The molecule has 5 nitrogen and oxygen atoms in total. The van der Waals surface area contributed by atoms with Crippen molar-refractivity contribution in [2.45, 2.75) is 18.5 Å². The molecule has 1 aromatic carbocycles. The summed E-state index contributed by atoms with van der Waals surface area (Å²) in [5, 5.41) is 7.61. The Morgan fingerprint density at radius 1 is 1.26 bits per heavy atom. The monoisotopic (exact) mass is 373 g/mol.